The van der Waals surface area contributed by atoms with Crippen LogP contribution in [0.4, 0.5) is 0 Å². The zero-order chi connectivity index (χ0) is 13.7. The molecule has 1 aromatic rings. The summed E-state index contributed by atoms with van der Waals surface area (Å²) in [5.41, 5.74) is 4.01. The van der Waals surface area contributed by atoms with Crippen LogP contribution < -0.4 is 5.32 Å². The van der Waals surface area contributed by atoms with Gasteiger partial charge >= 0.3 is 0 Å². The fourth-order valence-corrected chi connectivity index (χ4v) is 2.98. The predicted octanol–water partition coefficient (Wildman–Crippen LogP) is 3.38. The summed E-state index contributed by atoms with van der Waals surface area (Å²) in [5, 5.41) is 14.0. The standard InChI is InChI=1S/C17H27NO/c1-3-11-18-16(4-2)17(19)15-10-9-13-7-5-6-8-14(13)12-15/h9-10,12,16-19H,3-8,11H2,1-2H3. The van der Waals surface area contributed by atoms with E-state index in [9.17, 15) is 5.11 Å². The Kier molecular flexibility index (Phi) is 5.41. The lowest BCUT2D eigenvalue weighted by Crippen LogP contribution is -2.35. The van der Waals surface area contributed by atoms with Crippen LogP contribution in [0, 0.1) is 0 Å². The number of benzene rings is 1. The third kappa shape index (κ3) is 3.58. The van der Waals surface area contributed by atoms with Gasteiger partial charge in [0.05, 0.1) is 6.10 Å². The molecule has 106 valence electrons. The largest absolute Gasteiger partial charge is 0.387 e. The first-order valence-electron chi connectivity index (χ1n) is 7.79. The molecule has 0 fully saturated rings. The number of aliphatic hydroxyl groups is 1. The van der Waals surface area contributed by atoms with Crippen LogP contribution in [-0.4, -0.2) is 17.7 Å². The van der Waals surface area contributed by atoms with E-state index in [2.05, 4.69) is 37.4 Å². The molecule has 1 aliphatic carbocycles. The van der Waals surface area contributed by atoms with E-state index < -0.39 is 0 Å². The van der Waals surface area contributed by atoms with Gasteiger partial charge < -0.3 is 10.4 Å². The second-order valence-corrected chi connectivity index (χ2v) is 5.65. The Bertz CT molecular complexity index is 402. The van der Waals surface area contributed by atoms with Gasteiger partial charge in [0.25, 0.3) is 0 Å². The first-order chi connectivity index (χ1) is 9.26. The maximum atomic E-state index is 10.5. The molecule has 2 atom stereocenters. The highest BCUT2D eigenvalue weighted by molar-refractivity contribution is 5.35. The third-order valence-electron chi connectivity index (χ3n) is 4.19. The SMILES string of the molecule is CCCNC(CC)C(O)c1ccc2c(c1)CCCC2. The smallest absolute Gasteiger partial charge is 0.0942 e. The molecule has 1 aromatic carbocycles. The molecule has 2 rings (SSSR count). The summed E-state index contributed by atoms with van der Waals surface area (Å²) in [4.78, 5) is 0. The molecule has 0 bridgehead atoms. The average Bonchev–Trinajstić information content (AvgIpc) is 2.47. The van der Waals surface area contributed by atoms with E-state index in [1.807, 2.05) is 0 Å². The van der Waals surface area contributed by atoms with Crippen molar-refractivity contribution in [2.75, 3.05) is 6.54 Å². The first-order valence-corrected chi connectivity index (χ1v) is 7.79. The van der Waals surface area contributed by atoms with Crippen molar-refractivity contribution >= 4 is 0 Å². The summed E-state index contributed by atoms with van der Waals surface area (Å²) in [6.07, 6.45) is 6.66. The molecular weight excluding hydrogens is 234 g/mol. The van der Waals surface area contributed by atoms with Crippen LogP contribution in [0.5, 0.6) is 0 Å². The van der Waals surface area contributed by atoms with Crippen molar-refractivity contribution in [3.8, 4) is 0 Å². The Labute approximate surface area is 117 Å². The molecule has 0 aromatic heterocycles. The Hall–Kier alpha value is -0.860. The highest BCUT2D eigenvalue weighted by atomic mass is 16.3. The van der Waals surface area contributed by atoms with E-state index in [-0.39, 0.29) is 12.1 Å². The van der Waals surface area contributed by atoms with Crippen molar-refractivity contribution in [3.05, 3.63) is 34.9 Å². The Morgan fingerprint density at radius 2 is 1.89 bits per heavy atom. The number of fused-ring (bicyclic) bond motifs is 1. The van der Waals surface area contributed by atoms with Crippen LogP contribution in [0.3, 0.4) is 0 Å². The molecule has 2 heteroatoms. The molecule has 2 N–H and O–H groups in total. The molecule has 2 unspecified atom stereocenters. The second-order valence-electron chi connectivity index (χ2n) is 5.65. The lowest BCUT2D eigenvalue weighted by atomic mass is 9.88. The monoisotopic (exact) mass is 261 g/mol. The zero-order valence-corrected chi connectivity index (χ0v) is 12.3. The van der Waals surface area contributed by atoms with Crippen LogP contribution in [-0.2, 0) is 12.8 Å². The molecule has 1 aliphatic rings. The zero-order valence-electron chi connectivity index (χ0n) is 12.3. The van der Waals surface area contributed by atoms with Gasteiger partial charge in [0.15, 0.2) is 0 Å². The van der Waals surface area contributed by atoms with Gasteiger partial charge in [-0.05, 0) is 61.8 Å². The van der Waals surface area contributed by atoms with Gasteiger partial charge in [0.1, 0.15) is 0 Å². The van der Waals surface area contributed by atoms with Gasteiger partial charge in [-0.1, -0.05) is 32.0 Å². The van der Waals surface area contributed by atoms with Crippen LogP contribution in [0.15, 0.2) is 18.2 Å². The maximum absolute atomic E-state index is 10.5. The molecule has 2 nitrogen and oxygen atoms in total. The molecule has 0 heterocycles. The number of nitrogens with one attached hydrogen (secondary N) is 1. The number of hydrogen-bond donors (Lipinski definition) is 2. The van der Waals surface area contributed by atoms with E-state index in [0.717, 1.165) is 24.9 Å². The Balaban J connectivity index is 2.11. The number of aryl methyl sites for hydroxylation is 2. The van der Waals surface area contributed by atoms with Crippen LogP contribution >= 0.6 is 0 Å². The molecule has 0 aliphatic heterocycles. The molecule has 0 amide bonds. The molecule has 0 saturated heterocycles. The number of hydrogen-bond acceptors (Lipinski definition) is 2. The van der Waals surface area contributed by atoms with E-state index in [1.165, 1.54) is 36.8 Å². The van der Waals surface area contributed by atoms with Gasteiger partial charge in [-0.3, -0.25) is 0 Å². The quantitative estimate of drug-likeness (QED) is 0.823. The average molecular weight is 261 g/mol. The highest BCUT2D eigenvalue weighted by Gasteiger charge is 2.20. The van der Waals surface area contributed by atoms with Crippen molar-refractivity contribution < 1.29 is 5.11 Å². The number of aliphatic hydroxyl groups excluding tert-OH is 1. The number of rotatable bonds is 6. The fourth-order valence-electron chi connectivity index (χ4n) is 2.98. The Morgan fingerprint density at radius 3 is 2.58 bits per heavy atom. The minimum Gasteiger partial charge on any atom is -0.387 e. The lowest BCUT2D eigenvalue weighted by molar-refractivity contribution is 0.126. The predicted molar refractivity (Wildman–Crippen MR) is 80.4 cm³/mol. The highest BCUT2D eigenvalue weighted by Crippen LogP contribution is 2.26. The molecule has 0 radical (unpaired) electrons. The van der Waals surface area contributed by atoms with Gasteiger partial charge in [0.2, 0.25) is 0 Å². The summed E-state index contributed by atoms with van der Waals surface area (Å²) >= 11 is 0. The summed E-state index contributed by atoms with van der Waals surface area (Å²) in [6, 6.07) is 6.74. The molecular formula is C17H27NO. The van der Waals surface area contributed by atoms with Crippen molar-refractivity contribution in [2.45, 2.75) is 64.5 Å². The minimum atomic E-state index is -0.385. The maximum Gasteiger partial charge on any atom is 0.0942 e. The van der Waals surface area contributed by atoms with Crippen LogP contribution in [0.1, 0.15) is 62.3 Å². The van der Waals surface area contributed by atoms with E-state index in [0.29, 0.717) is 0 Å². The summed E-state index contributed by atoms with van der Waals surface area (Å²) < 4.78 is 0. The normalized spacial score (nSPS) is 17.8. The molecule has 0 spiro atoms. The summed E-state index contributed by atoms with van der Waals surface area (Å²) in [7, 11) is 0. The third-order valence-corrected chi connectivity index (χ3v) is 4.19. The molecule has 19 heavy (non-hydrogen) atoms. The van der Waals surface area contributed by atoms with Crippen LogP contribution in [0.25, 0.3) is 0 Å². The van der Waals surface area contributed by atoms with Gasteiger partial charge in [-0.25, -0.2) is 0 Å². The van der Waals surface area contributed by atoms with E-state index in [4.69, 9.17) is 0 Å². The topological polar surface area (TPSA) is 32.3 Å². The summed E-state index contributed by atoms with van der Waals surface area (Å²) in [5.74, 6) is 0. The first kappa shape index (κ1) is 14.5. The van der Waals surface area contributed by atoms with Crippen molar-refractivity contribution in [3.63, 3.8) is 0 Å². The van der Waals surface area contributed by atoms with Crippen LogP contribution in [0.2, 0.25) is 0 Å². The van der Waals surface area contributed by atoms with Crippen molar-refractivity contribution in [1.29, 1.82) is 0 Å². The van der Waals surface area contributed by atoms with Crippen molar-refractivity contribution in [2.24, 2.45) is 0 Å². The van der Waals surface area contributed by atoms with E-state index in [1.54, 1.807) is 0 Å². The fraction of sp³-hybridized carbons (Fsp3) is 0.647. The van der Waals surface area contributed by atoms with Crippen molar-refractivity contribution in [1.82, 2.24) is 5.32 Å². The van der Waals surface area contributed by atoms with Gasteiger partial charge in [-0.15, -0.1) is 0 Å². The summed E-state index contributed by atoms with van der Waals surface area (Å²) in [6.45, 7) is 5.26. The van der Waals surface area contributed by atoms with Gasteiger partial charge in [-0.2, -0.15) is 0 Å². The molecule has 0 saturated carbocycles. The van der Waals surface area contributed by atoms with Gasteiger partial charge in [0, 0.05) is 6.04 Å². The lowest BCUT2D eigenvalue weighted by Gasteiger charge is -2.25. The minimum absolute atomic E-state index is 0.168. The second kappa shape index (κ2) is 7.06. The van der Waals surface area contributed by atoms with E-state index >= 15 is 0 Å². The Morgan fingerprint density at radius 1 is 1.16 bits per heavy atom.